The summed E-state index contributed by atoms with van der Waals surface area (Å²) >= 11 is 0. The SMILES string of the molecule is CC1(C)[C@H]2CC[C@H](CNC(=O)C3=C4C=CC=C4C=C3)[C@@H]1C2. The Bertz CT molecular complexity index is 615. The van der Waals surface area contributed by atoms with E-state index in [9.17, 15) is 4.79 Å². The summed E-state index contributed by atoms with van der Waals surface area (Å²) in [6, 6.07) is 0. The number of allylic oxidation sites excluding steroid dienone is 6. The number of fused-ring (bicyclic) bond motifs is 3. The van der Waals surface area contributed by atoms with Crippen molar-refractivity contribution in [2.45, 2.75) is 33.1 Å². The van der Waals surface area contributed by atoms with Gasteiger partial charge in [0.2, 0.25) is 0 Å². The second-order valence-electron chi connectivity index (χ2n) is 7.55. The van der Waals surface area contributed by atoms with E-state index in [0.29, 0.717) is 11.3 Å². The Morgan fingerprint density at radius 2 is 2.14 bits per heavy atom. The molecule has 5 rings (SSSR count). The van der Waals surface area contributed by atoms with E-state index in [0.717, 1.165) is 29.5 Å². The number of carbonyl (C=O) groups is 1. The molecule has 0 aromatic rings. The quantitative estimate of drug-likeness (QED) is 0.842. The van der Waals surface area contributed by atoms with Crippen molar-refractivity contribution in [3.63, 3.8) is 0 Å². The van der Waals surface area contributed by atoms with Crippen molar-refractivity contribution in [1.29, 1.82) is 0 Å². The highest BCUT2D eigenvalue weighted by Crippen LogP contribution is 2.61. The molecule has 0 aromatic carbocycles. The van der Waals surface area contributed by atoms with Gasteiger partial charge in [-0.05, 0) is 59.7 Å². The Morgan fingerprint density at radius 1 is 1.29 bits per heavy atom. The third-order valence-electron chi connectivity index (χ3n) is 6.34. The standard InChI is InChI=1S/C19H23NO/c1-19(2)14-8-6-13(17(19)10-14)11-20-18(21)16-9-7-12-4-3-5-15(12)16/h3-5,7,9,13-14,17H,6,8,10-11H2,1-2H3,(H,20,21)/t13-,14+,17+/m1/s1. The molecule has 21 heavy (non-hydrogen) atoms. The molecular weight excluding hydrogens is 258 g/mol. The number of carbonyl (C=O) groups excluding carboxylic acids is 1. The molecule has 5 aliphatic rings. The minimum atomic E-state index is 0.0930. The van der Waals surface area contributed by atoms with Gasteiger partial charge in [-0.15, -0.1) is 0 Å². The smallest absolute Gasteiger partial charge is 0.251 e. The number of hydrogen-bond donors (Lipinski definition) is 1. The van der Waals surface area contributed by atoms with Crippen LogP contribution in [0.3, 0.4) is 0 Å². The van der Waals surface area contributed by atoms with Gasteiger partial charge in [0.15, 0.2) is 0 Å². The second-order valence-corrected chi connectivity index (χ2v) is 7.55. The molecule has 0 spiro atoms. The van der Waals surface area contributed by atoms with Crippen LogP contribution in [0.15, 0.2) is 47.1 Å². The molecule has 3 fully saturated rings. The first-order valence-electron chi connectivity index (χ1n) is 8.16. The highest BCUT2D eigenvalue weighted by atomic mass is 16.1. The lowest BCUT2D eigenvalue weighted by atomic mass is 9.45. The molecule has 0 radical (unpaired) electrons. The predicted octanol–water partition coefficient (Wildman–Crippen LogP) is 3.54. The Morgan fingerprint density at radius 3 is 2.90 bits per heavy atom. The predicted molar refractivity (Wildman–Crippen MR) is 84.5 cm³/mol. The van der Waals surface area contributed by atoms with E-state index < -0.39 is 0 Å². The van der Waals surface area contributed by atoms with Crippen LogP contribution in [-0.4, -0.2) is 12.5 Å². The summed E-state index contributed by atoms with van der Waals surface area (Å²) in [6.45, 7) is 5.65. The van der Waals surface area contributed by atoms with Crippen LogP contribution in [0.25, 0.3) is 0 Å². The van der Waals surface area contributed by atoms with Crippen molar-refractivity contribution < 1.29 is 4.79 Å². The average Bonchev–Trinajstić information content (AvgIpc) is 3.07. The highest BCUT2D eigenvalue weighted by molar-refractivity contribution is 6.00. The first-order chi connectivity index (χ1) is 10.1. The van der Waals surface area contributed by atoms with E-state index in [2.05, 4.69) is 25.2 Å². The zero-order valence-corrected chi connectivity index (χ0v) is 12.9. The number of amides is 1. The van der Waals surface area contributed by atoms with E-state index in [1.165, 1.54) is 24.8 Å². The topological polar surface area (TPSA) is 29.1 Å². The van der Waals surface area contributed by atoms with Crippen LogP contribution in [-0.2, 0) is 4.79 Å². The van der Waals surface area contributed by atoms with Crippen LogP contribution in [0.1, 0.15) is 33.1 Å². The Balaban J connectivity index is 1.41. The molecule has 0 aliphatic heterocycles. The number of hydrogen-bond acceptors (Lipinski definition) is 1. The van der Waals surface area contributed by atoms with E-state index in [1.807, 2.05) is 24.3 Å². The van der Waals surface area contributed by atoms with Crippen LogP contribution in [0.4, 0.5) is 0 Å². The molecule has 0 unspecified atom stereocenters. The molecule has 0 heterocycles. The summed E-state index contributed by atoms with van der Waals surface area (Å²) in [5.74, 6) is 2.48. The first-order valence-corrected chi connectivity index (χ1v) is 8.16. The van der Waals surface area contributed by atoms with Gasteiger partial charge in [-0.25, -0.2) is 0 Å². The minimum Gasteiger partial charge on any atom is -0.352 e. The van der Waals surface area contributed by atoms with Crippen LogP contribution < -0.4 is 5.32 Å². The summed E-state index contributed by atoms with van der Waals surface area (Å²) < 4.78 is 0. The minimum absolute atomic E-state index is 0.0930. The second kappa shape index (κ2) is 4.46. The molecule has 2 nitrogen and oxygen atoms in total. The van der Waals surface area contributed by atoms with Gasteiger partial charge in [0.05, 0.1) is 0 Å². The van der Waals surface area contributed by atoms with Gasteiger partial charge < -0.3 is 5.32 Å². The van der Waals surface area contributed by atoms with Crippen molar-refractivity contribution in [2.75, 3.05) is 6.54 Å². The summed E-state index contributed by atoms with van der Waals surface area (Å²) in [6.07, 6.45) is 14.1. The molecule has 110 valence electrons. The monoisotopic (exact) mass is 281 g/mol. The van der Waals surface area contributed by atoms with Crippen LogP contribution in [0.2, 0.25) is 0 Å². The average molecular weight is 281 g/mol. The van der Waals surface area contributed by atoms with Crippen molar-refractivity contribution in [1.82, 2.24) is 5.32 Å². The zero-order chi connectivity index (χ0) is 14.6. The van der Waals surface area contributed by atoms with Gasteiger partial charge >= 0.3 is 0 Å². The summed E-state index contributed by atoms with van der Waals surface area (Å²) in [4.78, 5) is 12.4. The maximum Gasteiger partial charge on any atom is 0.251 e. The fourth-order valence-corrected chi connectivity index (χ4v) is 4.81. The summed E-state index contributed by atoms with van der Waals surface area (Å²) in [5.41, 5.74) is 3.57. The van der Waals surface area contributed by atoms with Crippen molar-refractivity contribution >= 4 is 5.91 Å². The molecule has 3 saturated carbocycles. The highest BCUT2D eigenvalue weighted by Gasteiger charge is 2.53. The number of nitrogens with one attached hydrogen (secondary N) is 1. The van der Waals surface area contributed by atoms with Crippen molar-refractivity contribution in [3.05, 3.63) is 47.1 Å². The zero-order valence-electron chi connectivity index (χ0n) is 12.9. The van der Waals surface area contributed by atoms with Gasteiger partial charge in [-0.2, -0.15) is 0 Å². The largest absolute Gasteiger partial charge is 0.352 e. The van der Waals surface area contributed by atoms with Crippen LogP contribution in [0, 0.1) is 23.2 Å². The molecule has 1 N–H and O–H groups in total. The number of rotatable bonds is 3. The van der Waals surface area contributed by atoms with Gasteiger partial charge in [0.25, 0.3) is 5.91 Å². The lowest BCUT2D eigenvalue weighted by molar-refractivity contribution is -0.121. The lowest BCUT2D eigenvalue weighted by Crippen LogP contribution is -2.54. The van der Waals surface area contributed by atoms with Gasteiger partial charge in [0, 0.05) is 12.1 Å². The maximum absolute atomic E-state index is 12.4. The normalized spacial score (nSPS) is 34.6. The van der Waals surface area contributed by atoms with Crippen LogP contribution in [0.5, 0.6) is 0 Å². The maximum atomic E-state index is 12.4. The molecule has 0 saturated heterocycles. The van der Waals surface area contributed by atoms with Crippen molar-refractivity contribution in [3.8, 4) is 0 Å². The third-order valence-corrected chi connectivity index (χ3v) is 6.34. The molecule has 0 aromatic heterocycles. The molecular formula is C19H23NO. The third kappa shape index (κ3) is 1.88. The molecule has 1 amide bonds. The molecule has 3 atom stereocenters. The van der Waals surface area contributed by atoms with Gasteiger partial charge in [-0.1, -0.05) is 38.2 Å². The molecule has 2 bridgehead atoms. The fourth-order valence-electron chi connectivity index (χ4n) is 4.81. The lowest BCUT2D eigenvalue weighted by Gasteiger charge is -2.60. The van der Waals surface area contributed by atoms with Crippen LogP contribution >= 0.6 is 0 Å². The first kappa shape index (κ1) is 13.1. The fraction of sp³-hybridized carbons (Fsp3) is 0.526. The van der Waals surface area contributed by atoms with E-state index in [-0.39, 0.29) is 5.91 Å². The van der Waals surface area contributed by atoms with Crippen molar-refractivity contribution in [2.24, 2.45) is 23.2 Å². The summed E-state index contributed by atoms with van der Waals surface area (Å²) in [7, 11) is 0. The van der Waals surface area contributed by atoms with E-state index in [4.69, 9.17) is 0 Å². The summed E-state index contributed by atoms with van der Waals surface area (Å²) in [5, 5.41) is 3.19. The Hall–Kier alpha value is -1.57. The molecule has 5 aliphatic carbocycles. The molecule has 2 heteroatoms. The van der Waals surface area contributed by atoms with E-state index in [1.54, 1.807) is 0 Å². The van der Waals surface area contributed by atoms with E-state index >= 15 is 0 Å². The van der Waals surface area contributed by atoms with Gasteiger partial charge in [-0.3, -0.25) is 4.79 Å². The Labute approximate surface area is 126 Å². The van der Waals surface area contributed by atoms with Gasteiger partial charge in [0.1, 0.15) is 0 Å². The Kier molecular flexibility index (Phi) is 2.79.